The van der Waals surface area contributed by atoms with Gasteiger partial charge in [-0.05, 0) is 65.2 Å². The van der Waals surface area contributed by atoms with Crippen LogP contribution in [0.5, 0.6) is 0 Å². The van der Waals surface area contributed by atoms with Gasteiger partial charge in [0.25, 0.3) is 5.91 Å². The first-order valence-corrected chi connectivity index (χ1v) is 6.60. The molecule has 98 valence electrons. The Bertz CT molecular complexity index is 640. The summed E-state index contributed by atoms with van der Waals surface area (Å²) in [5.74, 6) is -0.736. The molecule has 0 aliphatic carbocycles. The van der Waals surface area contributed by atoms with Gasteiger partial charge in [-0.25, -0.2) is 4.39 Å². The number of hydrogen-bond acceptors (Lipinski definition) is 1. The summed E-state index contributed by atoms with van der Waals surface area (Å²) in [6, 6.07) is 9.80. The minimum atomic E-state index is -0.418. The zero-order valence-electron chi connectivity index (χ0n) is 10.6. The molecule has 4 heteroatoms. The van der Waals surface area contributed by atoms with E-state index in [0.717, 1.165) is 15.6 Å². The van der Waals surface area contributed by atoms with Crippen LogP contribution < -0.4 is 5.32 Å². The highest BCUT2D eigenvalue weighted by Crippen LogP contribution is 2.24. The standard InChI is InChI=1S/C15H13BrFNO/c1-9-3-6-14(13(16)7-9)18-15(19)12-8-11(17)5-4-10(12)2/h3-8H,1-2H3,(H,18,19). The van der Waals surface area contributed by atoms with Crippen molar-refractivity contribution in [3.63, 3.8) is 0 Å². The molecule has 0 spiro atoms. The fourth-order valence-electron chi connectivity index (χ4n) is 1.75. The number of benzene rings is 2. The lowest BCUT2D eigenvalue weighted by Crippen LogP contribution is -2.14. The Kier molecular flexibility index (Phi) is 4.00. The maximum atomic E-state index is 13.2. The van der Waals surface area contributed by atoms with Crippen molar-refractivity contribution < 1.29 is 9.18 Å². The number of aryl methyl sites for hydroxylation is 2. The first kappa shape index (κ1) is 13.7. The molecule has 0 fully saturated rings. The van der Waals surface area contributed by atoms with Crippen LogP contribution in [0.25, 0.3) is 0 Å². The number of carbonyl (C=O) groups is 1. The maximum Gasteiger partial charge on any atom is 0.256 e. The maximum absolute atomic E-state index is 13.2. The Hall–Kier alpha value is -1.68. The molecule has 0 saturated carbocycles. The summed E-state index contributed by atoms with van der Waals surface area (Å²) in [7, 11) is 0. The zero-order chi connectivity index (χ0) is 14.0. The first-order valence-electron chi connectivity index (χ1n) is 5.81. The summed E-state index contributed by atoms with van der Waals surface area (Å²) < 4.78 is 14.0. The summed E-state index contributed by atoms with van der Waals surface area (Å²) in [6.45, 7) is 3.74. The van der Waals surface area contributed by atoms with Crippen molar-refractivity contribution in [2.24, 2.45) is 0 Å². The normalized spacial score (nSPS) is 10.3. The van der Waals surface area contributed by atoms with Gasteiger partial charge in [-0.2, -0.15) is 0 Å². The Balaban J connectivity index is 2.28. The van der Waals surface area contributed by atoms with Crippen molar-refractivity contribution in [2.75, 3.05) is 5.32 Å². The highest BCUT2D eigenvalue weighted by atomic mass is 79.9. The van der Waals surface area contributed by atoms with Gasteiger partial charge in [0.15, 0.2) is 0 Å². The quantitative estimate of drug-likeness (QED) is 0.869. The van der Waals surface area contributed by atoms with Crippen LogP contribution in [-0.2, 0) is 0 Å². The van der Waals surface area contributed by atoms with Gasteiger partial charge in [0, 0.05) is 10.0 Å². The van der Waals surface area contributed by atoms with Crippen LogP contribution in [0.2, 0.25) is 0 Å². The molecule has 1 N–H and O–H groups in total. The molecule has 2 rings (SSSR count). The lowest BCUT2D eigenvalue weighted by atomic mass is 10.1. The second-order valence-corrected chi connectivity index (χ2v) is 5.25. The molecule has 0 heterocycles. The third kappa shape index (κ3) is 3.20. The van der Waals surface area contributed by atoms with Crippen LogP contribution in [0.3, 0.4) is 0 Å². The Morgan fingerprint density at radius 1 is 1.16 bits per heavy atom. The molecule has 0 aliphatic heterocycles. The number of hydrogen-bond donors (Lipinski definition) is 1. The number of anilines is 1. The van der Waals surface area contributed by atoms with E-state index in [1.807, 2.05) is 25.1 Å². The second-order valence-electron chi connectivity index (χ2n) is 4.40. The molecule has 0 unspecified atom stereocenters. The second kappa shape index (κ2) is 5.53. The molecule has 0 aliphatic rings. The van der Waals surface area contributed by atoms with E-state index >= 15 is 0 Å². The van der Waals surface area contributed by atoms with Crippen molar-refractivity contribution in [2.45, 2.75) is 13.8 Å². The van der Waals surface area contributed by atoms with Crippen LogP contribution in [-0.4, -0.2) is 5.91 Å². The molecule has 2 aromatic carbocycles. The Morgan fingerprint density at radius 3 is 2.58 bits per heavy atom. The average molecular weight is 322 g/mol. The summed E-state index contributed by atoms with van der Waals surface area (Å²) in [5.41, 5.74) is 2.83. The van der Waals surface area contributed by atoms with Crippen LogP contribution in [0.15, 0.2) is 40.9 Å². The van der Waals surface area contributed by atoms with Gasteiger partial charge in [0.05, 0.1) is 5.69 Å². The molecule has 1 amide bonds. The molecule has 0 aromatic heterocycles. The van der Waals surface area contributed by atoms with Gasteiger partial charge in [0.2, 0.25) is 0 Å². The lowest BCUT2D eigenvalue weighted by molar-refractivity contribution is 0.102. The number of amides is 1. The smallest absolute Gasteiger partial charge is 0.256 e. The fraction of sp³-hybridized carbons (Fsp3) is 0.133. The van der Waals surface area contributed by atoms with Gasteiger partial charge in [0.1, 0.15) is 5.82 Å². The van der Waals surface area contributed by atoms with Crippen molar-refractivity contribution in [1.82, 2.24) is 0 Å². The van der Waals surface area contributed by atoms with Gasteiger partial charge in [-0.15, -0.1) is 0 Å². The van der Waals surface area contributed by atoms with Crippen molar-refractivity contribution in [3.05, 3.63) is 63.4 Å². The van der Waals surface area contributed by atoms with Gasteiger partial charge in [-0.3, -0.25) is 4.79 Å². The van der Waals surface area contributed by atoms with Crippen LogP contribution in [0.4, 0.5) is 10.1 Å². The van der Waals surface area contributed by atoms with Crippen LogP contribution in [0.1, 0.15) is 21.5 Å². The molecular formula is C15H13BrFNO. The number of halogens is 2. The predicted octanol–water partition coefficient (Wildman–Crippen LogP) is 4.46. The molecule has 0 atom stereocenters. The van der Waals surface area contributed by atoms with Crippen molar-refractivity contribution in [1.29, 1.82) is 0 Å². The van der Waals surface area contributed by atoms with E-state index in [9.17, 15) is 9.18 Å². The van der Waals surface area contributed by atoms with E-state index in [-0.39, 0.29) is 5.91 Å². The summed E-state index contributed by atoms with van der Waals surface area (Å²) in [6.07, 6.45) is 0. The largest absolute Gasteiger partial charge is 0.321 e. The predicted molar refractivity (Wildman–Crippen MR) is 78.0 cm³/mol. The van der Waals surface area contributed by atoms with Crippen LogP contribution in [0, 0.1) is 19.7 Å². The van der Waals surface area contributed by atoms with Gasteiger partial charge >= 0.3 is 0 Å². The highest BCUT2D eigenvalue weighted by Gasteiger charge is 2.11. The van der Waals surface area contributed by atoms with E-state index < -0.39 is 5.82 Å². The minimum absolute atomic E-state index is 0.318. The third-order valence-electron chi connectivity index (χ3n) is 2.82. The number of rotatable bonds is 2. The molecule has 0 radical (unpaired) electrons. The molecule has 19 heavy (non-hydrogen) atoms. The van der Waals surface area contributed by atoms with Crippen molar-refractivity contribution >= 4 is 27.5 Å². The molecule has 2 nitrogen and oxygen atoms in total. The summed E-state index contributed by atoms with van der Waals surface area (Å²) >= 11 is 3.39. The third-order valence-corrected chi connectivity index (χ3v) is 3.47. The molecular weight excluding hydrogens is 309 g/mol. The molecule has 2 aromatic rings. The van der Waals surface area contributed by atoms with Crippen LogP contribution >= 0.6 is 15.9 Å². The lowest BCUT2D eigenvalue weighted by Gasteiger charge is -2.10. The van der Waals surface area contributed by atoms with Crippen molar-refractivity contribution in [3.8, 4) is 0 Å². The summed E-state index contributed by atoms with van der Waals surface area (Å²) in [4.78, 5) is 12.1. The number of nitrogens with one attached hydrogen (secondary N) is 1. The highest BCUT2D eigenvalue weighted by molar-refractivity contribution is 9.10. The Labute approximate surface area is 119 Å². The first-order chi connectivity index (χ1) is 8.97. The van der Waals surface area contributed by atoms with Gasteiger partial charge < -0.3 is 5.32 Å². The number of carbonyl (C=O) groups excluding carboxylic acids is 1. The van der Waals surface area contributed by atoms with E-state index in [0.29, 0.717) is 11.3 Å². The SMILES string of the molecule is Cc1ccc(NC(=O)c2cc(F)ccc2C)c(Br)c1. The van der Waals surface area contributed by atoms with E-state index in [4.69, 9.17) is 0 Å². The van der Waals surface area contributed by atoms with E-state index in [1.54, 1.807) is 13.0 Å². The summed E-state index contributed by atoms with van der Waals surface area (Å²) in [5, 5.41) is 2.77. The minimum Gasteiger partial charge on any atom is -0.321 e. The Morgan fingerprint density at radius 2 is 1.89 bits per heavy atom. The fourth-order valence-corrected chi connectivity index (χ4v) is 2.34. The monoisotopic (exact) mass is 321 g/mol. The van der Waals surface area contributed by atoms with E-state index in [2.05, 4.69) is 21.2 Å². The zero-order valence-corrected chi connectivity index (χ0v) is 12.2. The molecule has 0 bridgehead atoms. The average Bonchev–Trinajstić information content (AvgIpc) is 2.35. The topological polar surface area (TPSA) is 29.1 Å². The van der Waals surface area contributed by atoms with Gasteiger partial charge in [-0.1, -0.05) is 12.1 Å². The van der Waals surface area contributed by atoms with E-state index in [1.165, 1.54) is 12.1 Å². The molecule has 0 saturated heterocycles.